The molecule has 9 heteroatoms. The van der Waals surface area contributed by atoms with Gasteiger partial charge in [0, 0.05) is 11.3 Å². The Morgan fingerprint density at radius 2 is 1.85 bits per heavy atom. The molecular formula is C17H17F3N2O4. The van der Waals surface area contributed by atoms with E-state index < -0.39 is 29.7 Å². The summed E-state index contributed by atoms with van der Waals surface area (Å²) in [6, 6.07) is 3.95. The number of benzene rings is 1. The molecule has 0 spiro atoms. The molecule has 0 radical (unpaired) electrons. The highest BCUT2D eigenvalue weighted by atomic mass is 19.4. The summed E-state index contributed by atoms with van der Waals surface area (Å²) in [6.45, 7) is 4.70. The Morgan fingerprint density at radius 3 is 2.35 bits per heavy atom. The lowest BCUT2D eigenvalue weighted by atomic mass is 10.1. The van der Waals surface area contributed by atoms with Crippen LogP contribution in [0.5, 0.6) is 0 Å². The topological polar surface area (TPSA) is 81.4 Å². The third-order valence-electron chi connectivity index (χ3n) is 3.66. The van der Waals surface area contributed by atoms with Gasteiger partial charge in [-0.15, -0.1) is 0 Å². The number of aromatic nitrogens is 1. The molecule has 0 bridgehead atoms. The molecule has 0 aliphatic carbocycles. The molecule has 0 fully saturated rings. The molecular weight excluding hydrogens is 353 g/mol. The van der Waals surface area contributed by atoms with Gasteiger partial charge in [-0.25, -0.2) is 0 Å². The summed E-state index contributed by atoms with van der Waals surface area (Å²) in [5.74, 6) is -0.812. The molecule has 26 heavy (non-hydrogen) atoms. The number of ether oxygens (including phenoxy) is 1. The van der Waals surface area contributed by atoms with E-state index in [1.54, 1.807) is 13.8 Å². The number of rotatable bonds is 5. The van der Waals surface area contributed by atoms with Gasteiger partial charge in [0.25, 0.3) is 5.91 Å². The van der Waals surface area contributed by atoms with Crippen molar-refractivity contribution >= 4 is 17.6 Å². The maximum Gasteiger partial charge on any atom is 0.416 e. The van der Waals surface area contributed by atoms with Crippen LogP contribution >= 0.6 is 0 Å². The lowest BCUT2D eigenvalue weighted by Crippen LogP contribution is -2.30. The van der Waals surface area contributed by atoms with Crippen LogP contribution in [0.1, 0.15) is 29.5 Å². The van der Waals surface area contributed by atoms with Crippen molar-refractivity contribution in [3.63, 3.8) is 0 Å². The number of amides is 1. The Hall–Kier alpha value is -2.84. The summed E-state index contributed by atoms with van der Waals surface area (Å²) < 4.78 is 47.5. The van der Waals surface area contributed by atoms with E-state index in [0.717, 1.165) is 24.3 Å². The number of esters is 1. The molecule has 6 nitrogen and oxygen atoms in total. The van der Waals surface area contributed by atoms with Gasteiger partial charge >= 0.3 is 12.1 Å². The smallest absolute Gasteiger partial charge is 0.416 e. The predicted molar refractivity (Wildman–Crippen MR) is 85.3 cm³/mol. The van der Waals surface area contributed by atoms with Gasteiger partial charge in [-0.3, -0.25) is 9.59 Å². The molecule has 2 aromatic rings. The van der Waals surface area contributed by atoms with E-state index in [4.69, 9.17) is 9.26 Å². The van der Waals surface area contributed by atoms with Gasteiger partial charge in [0.2, 0.25) is 0 Å². The number of nitrogens with zero attached hydrogens (tertiary/aromatic N) is 1. The highest BCUT2D eigenvalue weighted by Gasteiger charge is 2.30. The lowest BCUT2D eigenvalue weighted by Gasteiger charge is -2.14. The van der Waals surface area contributed by atoms with Crippen molar-refractivity contribution in [3.8, 4) is 0 Å². The molecule has 0 saturated carbocycles. The second-order valence-corrected chi connectivity index (χ2v) is 5.68. The lowest BCUT2D eigenvalue weighted by molar-refractivity contribution is -0.152. The van der Waals surface area contributed by atoms with Crippen molar-refractivity contribution in [3.05, 3.63) is 46.8 Å². The zero-order valence-corrected chi connectivity index (χ0v) is 14.3. The molecule has 1 heterocycles. The van der Waals surface area contributed by atoms with Crippen LogP contribution in [0.15, 0.2) is 28.8 Å². The van der Waals surface area contributed by atoms with E-state index in [2.05, 4.69) is 10.5 Å². The molecule has 0 aliphatic rings. The SMILES string of the molecule is Cc1noc(C)c1CC(=O)OC(C)C(=O)Nc1ccc(C(F)(F)F)cc1. The molecule has 1 amide bonds. The molecule has 1 atom stereocenters. The van der Waals surface area contributed by atoms with Crippen LogP contribution < -0.4 is 5.32 Å². The molecule has 140 valence electrons. The summed E-state index contributed by atoms with van der Waals surface area (Å²) in [5, 5.41) is 6.11. The first kappa shape index (κ1) is 19.5. The minimum Gasteiger partial charge on any atom is -0.452 e. The number of carbonyl (C=O) groups is 2. The number of alkyl halides is 3. The van der Waals surface area contributed by atoms with E-state index in [9.17, 15) is 22.8 Å². The highest BCUT2D eigenvalue weighted by molar-refractivity contribution is 5.95. The normalized spacial score (nSPS) is 12.5. The first-order valence-electron chi connectivity index (χ1n) is 7.67. The Morgan fingerprint density at radius 1 is 1.23 bits per heavy atom. The Bertz CT molecular complexity index is 778. The molecule has 1 aromatic carbocycles. The fourth-order valence-corrected chi connectivity index (χ4v) is 2.18. The molecule has 1 unspecified atom stereocenters. The zero-order chi connectivity index (χ0) is 19.5. The van der Waals surface area contributed by atoms with Crippen LogP contribution in [-0.2, 0) is 26.9 Å². The van der Waals surface area contributed by atoms with Crippen LogP contribution in [0.2, 0.25) is 0 Å². The quantitative estimate of drug-likeness (QED) is 0.816. The highest BCUT2D eigenvalue weighted by Crippen LogP contribution is 2.29. The minimum atomic E-state index is -4.45. The average Bonchev–Trinajstić information content (AvgIpc) is 2.86. The fraction of sp³-hybridized carbons (Fsp3) is 0.353. The Balaban J connectivity index is 1.92. The van der Waals surface area contributed by atoms with Crippen LogP contribution in [-0.4, -0.2) is 23.1 Å². The van der Waals surface area contributed by atoms with Crippen LogP contribution in [0, 0.1) is 13.8 Å². The third-order valence-corrected chi connectivity index (χ3v) is 3.66. The largest absolute Gasteiger partial charge is 0.452 e. The zero-order valence-electron chi connectivity index (χ0n) is 14.3. The molecule has 1 N–H and O–H groups in total. The minimum absolute atomic E-state index is 0.0981. The van der Waals surface area contributed by atoms with E-state index in [-0.39, 0.29) is 12.1 Å². The van der Waals surface area contributed by atoms with Crippen molar-refractivity contribution in [2.75, 3.05) is 5.32 Å². The van der Waals surface area contributed by atoms with Crippen molar-refractivity contribution < 1.29 is 32.0 Å². The maximum absolute atomic E-state index is 12.5. The number of halogens is 3. The fourth-order valence-electron chi connectivity index (χ4n) is 2.18. The van der Waals surface area contributed by atoms with E-state index in [1.807, 2.05) is 0 Å². The standard InChI is InChI=1S/C17H17F3N2O4/c1-9-14(10(2)26-22-9)8-15(23)25-11(3)16(24)21-13-6-4-12(5-7-13)17(18,19)20/h4-7,11H,8H2,1-3H3,(H,21,24). The van der Waals surface area contributed by atoms with Gasteiger partial charge in [-0.2, -0.15) is 13.2 Å². The molecule has 1 aromatic heterocycles. The van der Waals surface area contributed by atoms with Gasteiger partial charge < -0.3 is 14.6 Å². The second-order valence-electron chi connectivity index (χ2n) is 5.68. The van der Waals surface area contributed by atoms with Crippen LogP contribution in [0.4, 0.5) is 18.9 Å². The molecule has 2 rings (SSSR count). The van der Waals surface area contributed by atoms with Gasteiger partial charge in [0.15, 0.2) is 6.10 Å². The number of hydrogen-bond acceptors (Lipinski definition) is 5. The predicted octanol–water partition coefficient (Wildman–Crippen LogP) is 3.42. The average molecular weight is 370 g/mol. The van der Waals surface area contributed by atoms with Gasteiger partial charge in [-0.05, 0) is 45.0 Å². The first-order chi connectivity index (χ1) is 12.1. The summed E-state index contributed by atoms with van der Waals surface area (Å²) in [6.07, 6.45) is -5.67. The van der Waals surface area contributed by atoms with E-state index in [0.29, 0.717) is 17.0 Å². The summed E-state index contributed by atoms with van der Waals surface area (Å²) >= 11 is 0. The summed E-state index contributed by atoms with van der Waals surface area (Å²) in [7, 11) is 0. The van der Waals surface area contributed by atoms with Crippen molar-refractivity contribution in [1.29, 1.82) is 0 Å². The second kappa shape index (κ2) is 7.59. The number of hydrogen-bond donors (Lipinski definition) is 1. The van der Waals surface area contributed by atoms with E-state index >= 15 is 0 Å². The third kappa shape index (κ3) is 4.84. The monoisotopic (exact) mass is 370 g/mol. The van der Waals surface area contributed by atoms with E-state index in [1.165, 1.54) is 6.92 Å². The number of anilines is 1. The molecule has 0 aliphatic heterocycles. The van der Waals surface area contributed by atoms with Crippen molar-refractivity contribution in [2.45, 2.75) is 39.5 Å². The summed E-state index contributed by atoms with van der Waals surface area (Å²) in [4.78, 5) is 24.0. The molecule has 0 saturated heterocycles. The summed E-state index contributed by atoms with van der Waals surface area (Å²) in [5.41, 5.74) is 0.484. The van der Waals surface area contributed by atoms with Crippen molar-refractivity contribution in [2.24, 2.45) is 0 Å². The first-order valence-corrected chi connectivity index (χ1v) is 7.67. The van der Waals surface area contributed by atoms with Gasteiger partial charge in [0.05, 0.1) is 17.7 Å². The number of nitrogens with one attached hydrogen (secondary N) is 1. The number of carbonyl (C=O) groups excluding carboxylic acids is 2. The van der Waals surface area contributed by atoms with Crippen LogP contribution in [0.25, 0.3) is 0 Å². The van der Waals surface area contributed by atoms with Gasteiger partial charge in [0.1, 0.15) is 5.76 Å². The van der Waals surface area contributed by atoms with Crippen molar-refractivity contribution in [1.82, 2.24) is 5.16 Å². The Labute approximate surface area is 147 Å². The maximum atomic E-state index is 12.5. The van der Waals surface area contributed by atoms with Crippen LogP contribution in [0.3, 0.4) is 0 Å². The Kier molecular flexibility index (Phi) is 5.69. The van der Waals surface area contributed by atoms with Gasteiger partial charge in [-0.1, -0.05) is 5.16 Å². The number of aryl methyl sites for hydroxylation is 2.